The largest absolute Gasteiger partial charge is 0.358 e. The van der Waals surface area contributed by atoms with Gasteiger partial charge in [-0.1, -0.05) is 26.7 Å². The van der Waals surface area contributed by atoms with Gasteiger partial charge < -0.3 is 15.6 Å². The molecule has 8 nitrogen and oxygen atoms in total. The van der Waals surface area contributed by atoms with E-state index in [0.717, 1.165) is 19.3 Å². The van der Waals surface area contributed by atoms with Gasteiger partial charge >= 0.3 is 0 Å². The van der Waals surface area contributed by atoms with Crippen molar-refractivity contribution < 1.29 is 22.4 Å². The highest BCUT2D eigenvalue weighted by Crippen LogP contribution is 2.38. The zero-order chi connectivity index (χ0) is 29.5. The maximum atomic E-state index is 13.7. The van der Waals surface area contributed by atoms with Crippen LogP contribution in [0.25, 0.3) is 11.6 Å². The second kappa shape index (κ2) is 11.2. The van der Waals surface area contributed by atoms with E-state index in [-0.39, 0.29) is 23.3 Å². The average molecular weight is 579 g/mol. The summed E-state index contributed by atoms with van der Waals surface area (Å²) in [5.41, 5.74) is 4.90. The summed E-state index contributed by atoms with van der Waals surface area (Å²) in [4.78, 5) is 29.3. The number of nitrogens with one attached hydrogen (secondary N) is 3. The number of carbonyl (C=O) groups excluding carboxylic acids is 2. The van der Waals surface area contributed by atoms with Crippen LogP contribution in [-0.4, -0.2) is 38.3 Å². The lowest BCUT2D eigenvalue weighted by molar-refractivity contribution is -0.110. The van der Waals surface area contributed by atoms with Crippen LogP contribution in [0, 0.1) is 25.6 Å². The predicted molar refractivity (Wildman–Crippen MR) is 159 cm³/mol. The van der Waals surface area contributed by atoms with Gasteiger partial charge in [-0.05, 0) is 86.2 Å². The van der Waals surface area contributed by atoms with Gasteiger partial charge in [0.2, 0.25) is 0 Å². The Morgan fingerprint density at radius 3 is 2.63 bits per heavy atom. The molecule has 2 aliphatic heterocycles. The fourth-order valence-electron chi connectivity index (χ4n) is 5.77. The molecule has 5 rings (SSSR count). The monoisotopic (exact) mass is 578 g/mol. The summed E-state index contributed by atoms with van der Waals surface area (Å²) >= 11 is 0. The molecular formula is C31H35FN4O4S. The zero-order valence-corrected chi connectivity index (χ0v) is 24.5. The summed E-state index contributed by atoms with van der Waals surface area (Å²) in [5, 5.41) is 5.82. The molecule has 0 fully saturated rings. The van der Waals surface area contributed by atoms with Crippen molar-refractivity contribution in [2.45, 2.75) is 58.3 Å². The molecule has 10 heteroatoms. The molecule has 0 aliphatic carbocycles. The Morgan fingerprint density at radius 1 is 1.15 bits per heavy atom. The number of amides is 2. The van der Waals surface area contributed by atoms with Crippen LogP contribution in [0.2, 0.25) is 0 Å². The van der Waals surface area contributed by atoms with Crippen molar-refractivity contribution >= 4 is 44.9 Å². The first-order valence-corrected chi connectivity index (χ1v) is 15.4. The highest BCUT2D eigenvalue weighted by Gasteiger charge is 2.33. The fraction of sp³-hybridized carbons (Fsp3) is 0.355. The second-order valence-corrected chi connectivity index (χ2v) is 12.6. The zero-order valence-electron chi connectivity index (χ0n) is 23.7. The number of rotatable bonds is 9. The van der Waals surface area contributed by atoms with Crippen LogP contribution in [0.3, 0.4) is 0 Å². The standard InChI is InChI=1S/C31H35FN4O4S/c1-5-20(6-2)11-13-33-31(38)29-18(3)27(34-19(29)4)17-25-24-16-23(8-9-26(24)35-30(25)37)41(39,40)36-14-12-21-15-22(32)7-10-28(21)36/h7-10,15-17,20,34H,5-6,11-14H2,1-4H3,(H,33,38)(H,35,37). The number of nitrogens with zero attached hydrogens (tertiary/aromatic N) is 1. The Morgan fingerprint density at radius 2 is 1.90 bits per heavy atom. The van der Waals surface area contributed by atoms with E-state index in [0.29, 0.717) is 69.5 Å². The first kappa shape index (κ1) is 28.6. The molecule has 216 valence electrons. The third kappa shape index (κ3) is 5.28. The number of aromatic amines is 1. The molecule has 3 heterocycles. The van der Waals surface area contributed by atoms with Gasteiger partial charge in [-0.15, -0.1) is 0 Å². The van der Waals surface area contributed by atoms with Crippen LogP contribution < -0.4 is 14.9 Å². The van der Waals surface area contributed by atoms with Gasteiger partial charge in [-0.25, -0.2) is 12.8 Å². The van der Waals surface area contributed by atoms with E-state index in [1.807, 2.05) is 13.8 Å². The van der Waals surface area contributed by atoms with E-state index in [1.54, 1.807) is 12.1 Å². The predicted octanol–water partition coefficient (Wildman–Crippen LogP) is 5.57. The maximum absolute atomic E-state index is 13.7. The second-order valence-electron chi connectivity index (χ2n) is 10.7. The Bertz CT molecular complexity index is 1670. The number of hydrogen-bond acceptors (Lipinski definition) is 4. The molecule has 0 radical (unpaired) electrons. The summed E-state index contributed by atoms with van der Waals surface area (Å²) < 4.78 is 42.2. The lowest BCUT2D eigenvalue weighted by Gasteiger charge is -2.20. The van der Waals surface area contributed by atoms with E-state index < -0.39 is 15.8 Å². The quantitative estimate of drug-likeness (QED) is 0.288. The summed E-state index contributed by atoms with van der Waals surface area (Å²) in [6, 6.07) is 8.63. The summed E-state index contributed by atoms with van der Waals surface area (Å²) in [6.45, 7) is 8.75. The number of benzene rings is 2. The number of H-pyrrole nitrogens is 1. The van der Waals surface area contributed by atoms with Crippen molar-refractivity contribution in [3.8, 4) is 0 Å². The minimum absolute atomic E-state index is 0.0349. The molecule has 0 bridgehead atoms. The van der Waals surface area contributed by atoms with Crippen molar-refractivity contribution in [2.75, 3.05) is 22.7 Å². The molecule has 41 heavy (non-hydrogen) atoms. The van der Waals surface area contributed by atoms with Gasteiger partial charge in [0.15, 0.2) is 0 Å². The van der Waals surface area contributed by atoms with Crippen LogP contribution in [0.5, 0.6) is 0 Å². The lowest BCUT2D eigenvalue weighted by Crippen LogP contribution is -2.29. The van der Waals surface area contributed by atoms with E-state index >= 15 is 0 Å². The number of fused-ring (bicyclic) bond motifs is 2. The summed E-state index contributed by atoms with van der Waals surface area (Å²) in [6.07, 6.45) is 5.14. The number of anilines is 2. The fourth-order valence-corrected chi connectivity index (χ4v) is 7.30. The number of halogens is 1. The van der Waals surface area contributed by atoms with Gasteiger partial charge in [0.25, 0.3) is 21.8 Å². The van der Waals surface area contributed by atoms with Crippen molar-refractivity contribution in [3.63, 3.8) is 0 Å². The van der Waals surface area contributed by atoms with Crippen molar-refractivity contribution in [1.29, 1.82) is 0 Å². The normalized spacial score (nSPS) is 15.4. The van der Waals surface area contributed by atoms with Crippen LogP contribution in [0.1, 0.15) is 71.5 Å². The Labute approximate surface area is 240 Å². The van der Waals surface area contributed by atoms with Gasteiger partial charge in [0.1, 0.15) is 5.82 Å². The molecule has 0 saturated heterocycles. The molecule has 0 atom stereocenters. The van der Waals surface area contributed by atoms with Crippen molar-refractivity contribution in [3.05, 3.63) is 75.9 Å². The minimum Gasteiger partial charge on any atom is -0.358 e. The number of aryl methyl sites for hydroxylation is 1. The molecule has 3 N–H and O–H groups in total. The van der Waals surface area contributed by atoms with E-state index in [4.69, 9.17) is 0 Å². The van der Waals surface area contributed by atoms with E-state index in [1.165, 1.54) is 34.6 Å². The molecular weight excluding hydrogens is 543 g/mol. The summed E-state index contributed by atoms with van der Waals surface area (Å²) in [5.74, 6) is -0.361. The number of sulfonamides is 1. The molecule has 2 aliphatic rings. The van der Waals surface area contributed by atoms with Crippen molar-refractivity contribution in [1.82, 2.24) is 10.3 Å². The highest BCUT2D eigenvalue weighted by molar-refractivity contribution is 7.92. The van der Waals surface area contributed by atoms with Crippen LogP contribution in [0.15, 0.2) is 41.3 Å². The maximum Gasteiger partial charge on any atom is 0.264 e. The number of carbonyl (C=O) groups is 2. The Hall–Kier alpha value is -3.92. The number of hydrogen-bond donors (Lipinski definition) is 3. The molecule has 2 aromatic carbocycles. The molecule has 2 amide bonds. The molecule has 3 aromatic rings. The molecule has 0 unspecified atom stereocenters. The third-order valence-corrected chi connectivity index (χ3v) is 10.1. The van der Waals surface area contributed by atoms with Crippen molar-refractivity contribution in [2.24, 2.45) is 5.92 Å². The van der Waals surface area contributed by atoms with Crippen LogP contribution >= 0.6 is 0 Å². The van der Waals surface area contributed by atoms with Crippen LogP contribution in [-0.2, 0) is 21.2 Å². The van der Waals surface area contributed by atoms with Gasteiger partial charge in [-0.2, -0.15) is 0 Å². The summed E-state index contributed by atoms with van der Waals surface area (Å²) in [7, 11) is -3.96. The minimum atomic E-state index is -3.96. The van der Waals surface area contributed by atoms with E-state index in [9.17, 15) is 22.4 Å². The highest BCUT2D eigenvalue weighted by atomic mass is 32.2. The topological polar surface area (TPSA) is 111 Å². The van der Waals surface area contributed by atoms with E-state index in [2.05, 4.69) is 29.5 Å². The smallest absolute Gasteiger partial charge is 0.264 e. The van der Waals surface area contributed by atoms with Gasteiger partial charge in [-0.3, -0.25) is 13.9 Å². The molecule has 1 aromatic heterocycles. The van der Waals surface area contributed by atoms with Gasteiger partial charge in [0, 0.05) is 35.7 Å². The number of aromatic nitrogens is 1. The Kier molecular flexibility index (Phi) is 7.78. The first-order chi connectivity index (χ1) is 19.5. The lowest BCUT2D eigenvalue weighted by atomic mass is 9.99. The molecule has 0 spiro atoms. The SMILES string of the molecule is CCC(CC)CCNC(=O)c1c(C)[nH]c(C=C2C(=O)Nc3ccc(S(=O)(=O)N4CCc5cc(F)ccc54)cc32)c1C. The average Bonchev–Trinajstić information content (AvgIpc) is 3.59. The van der Waals surface area contributed by atoms with Crippen LogP contribution in [0.4, 0.5) is 15.8 Å². The van der Waals surface area contributed by atoms with Gasteiger partial charge in [0.05, 0.1) is 21.7 Å². The molecule has 0 saturated carbocycles. The Balaban J connectivity index is 1.43. The first-order valence-electron chi connectivity index (χ1n) is 14.0. The third-order valence-electron chi connectivity index (χ3n) is 8.24.